The molecule has 1 saturated carbocycles. The minimum absolute atomic E-state index is 0.0534. The van der Waals surface area contributed by atoms with E-state index in [-0.39, 0.29) is 23.0 Å². The summed E-state index contributed by atoms with van der Waals surface area (Å²) in [6, 6.07) is 5.10. The number of aliphatic hydroxyl groups is 2. The number of aromatic nitrogens is 2. The van der Waals surface area contributed by atoms with Crippen molar-refractivity contribution >= 4 is 33.0 Å². The van der Waals surface area contributed by atoms with Gasteiger partial charge in [0.25, 0.3) is 0 Å². The number of nitrogens with zero attached hydrogens (tertiary/aromatic N) is 4. The van der Waals surface area contributed by atoms with Crippen molar-refractivity contribution in [3.05, 3.63) is 28.0 Å². The Morgan fingerprint density at radius 2 is 2.06 bits per heavy atom. The number of hydrogen-bond donors (Lipinski definition) is 2. The summed E-state index contributed by atoms with van der Waals surface area (Å²) in [4.78, 5) is 5.61. The molecule has 3 rings (SSSR count). The van der Waals surface area contributed by atoms with Gasteiger partial charge >= 0.3 is 0 Å². The Balaban J connectivity index is 1.96. The van der Waals surface area contributed by atoms with Crippen molar-refractivity contribution in [3.8, 4) is 10.6 Å². The van der Waals surface area contributed by atoms with E-state index in [4.69, 9.17) is 21.7 Å². The van der Waals surface area contributed by atoms with Gasteiger partial charge in [-0.3, -0.25) is 4.99 Å². The van der Waals surface area contributed by atoms with Gasteiger partial charge in [-0.2, -0.15) is 9.40 Å². The average Bonchev–Trinajstić information content (AvgIpc) is 3.12. The van der Waals surface area contributed by atoms with Crippen molar-refractivity contribution in [2.45, 2.75) is 56.1 Å². The third-order valence-electron chi connectivity index (χ3n) is 5.35. The van der Waals surface area contributed by atoms with Gasteiger partial charge in [0, 0.05) is 25.7 Å². The molecule has 1 aromatic heterocycles. The molecule has 1 unspecified atom stereocenters. The fraction of sp³-hybridized carbons (Fsp3) is 0.600. The zero-order valence-electron chi connectivity index (χ0n) is 17.7. The Morgan fingerprint density at radius 1 is 1.35 bits per heavy atom. The first kappa shape index (κ1) is 24.3. The van der Waals surface area contributed by atoms with Crippen molar-refractivity contribution in [2.75, 3.05) is 19.7 Å². The van der Waals surface area contributed by atoms with Gasteiger partial charge in [0.05, 0.1) is 23.8 Å². The smallest absolute Gasteiger partial charge is 0.244 e. The number of halogens is 1. The van der Waals surface area contributed by atoms with Crippen LogP contribution >= 0.6 is 22.9 Å². The van der Waals surface area contributed by atoms with Crippen molar-refractivity contribution in [1.29, 1.82) is 0 Å². The molecule has 11 heteroatoms. The molecule has 1 aliphatic carbocycles. The zero-order valence-corrected chi connectivity index (χ0v) is 20.1. The molecule has 1 aromatic carbocycles. The highest BCUT2D eigenvalue weighted by atomic mass is 35.5. The quantitative estimate of drug-likeness (QED) is 0.593. The number of hydrogen-bond acceptors (Lipinski definition) is 7. The van der Waals surface area contributed by atoms with Gasteiger partial charge in [-0.15, -0.1) is 0 Å². The normalized spacial score (nSPS) is 17.4. The molecule has 2 aromatic rings. The van der Waals surface area contributed by atoms with E-state index < -0.39 is 22.7 Å². The highest BCUT2D eigenvalue weighted by molar-refractivity contribution is 7.89. The molecular weight excluding hydrogens is 460 g/mol. The molecule has 172 valence electrons. The maximum Gasteiger partial charge on any atom is 0.244 e. The van der Waals surface area contributed by atoms with Gasteiger partial charge in [0.1, 0.15) is 9.90 Å². The second kappa shape index (κ2) is 10.5. The third-order valence-corrected chi connectivity index (χ3v) is 8.83. The van der Waals surface area contributed by atoms with E-state index in [0.717, 1.165) is 21.9 Å². The van der Waals surface area contributed by atoms with E-state index >= 15 is 0 Å². The van der Waals surface area contributed by atoms with E-state index in [0.29, 0.717) is 16.6 Å². The Bertz CT molecular complexity index is 1060. The van der Waals surface area contributed by atoms with Crippen LogP contribution in [0.1, 0.15) is 39.0 Å². The molecule has 1 fully saturated rings. The minimum atomic E-state index is -3.97. The second-order valence-electron chi connectivity index (χ2n) is 7.67. The predicted molar refractivity (Wildman–Crippen MR) is 121 cm³/mol. The summed E-state index contributed by atoms with van der Waals surface area (Å²) in [7, 11) is -2.13. The first-order valence-corrected chi connectivity index (χ1v) is 13.1. The summed E-state index contributed by atoms with van der Waals surface area (Å²) in [6.07, 6.45) is 4.66. The number of aryl methyl sites for hydroxylation is 1. The lowest BCUT2D eigenvalue weighted by Crippen LogP contribution is -2.38. The lowest BCUT2D eigenvalue weighted by Gasteiger charge is -2.23. The summed E-state index contributed by atoms with van der Waals surface area (Å²) < 4.78 is 29.2. The van der Waals surface area contributed by atoms with Crippen LogP contribution in [0.15, 0.2) is 28.1 Å². The highest BCUT2D eigenvalue weighted by Gasteiger charge is 2.28. The van der Waals surface area contributed by atoms with E-state index in [1.54, 1.807) is 23.7 Å². The molecule has 0 aliphatic heterocycles. The number of aliphatic hydroxyl groups excluding tert-OH is 2. The summed E-state index contributed by atoms with van der Waals surface area (Å²) in [5.74, 6) is 0. The number of likely N-dealkylation sites (N-methyl/N-ethyl adjacent to an activating group) is 1. The van der Waals surface area contributed by atoms with Crippen molar-refractivity contribution in [3.63, 3.8) is 0 Å². The molecule has 0 radical (unpaired) electrons. The second-order valence-corrected chi connectivity index (χ2v) is 10.9. The van der Waals surface area contributed by atoms with Crippen LogP contribution in [-0.2, 0) is 17.1 Å². The van der Waals surface area contributed by atoms with Gasteiger partial charge in [-0.25, -0.2) is 13.1 Å². The van der Waals surface area contributed by atoms with Crippen LogP contribution < -0.4 is 4.80 Å². The first-order chi connectivity index (χ1) is 14.8. The summed E-state index contributed by atoms with van der Waals surface area (Å²) in [6.45, 7) is 1.06. The topological polar surface area (TPSA) is 108 Å². The van der Waals surface area contributed by atoms with Crippen LogP contribution in [0.5, 0.6) is 0 Å². The highest BCUT2D eigenvalue weighted by Crippen LogP contribution is 2.30. The maximum atomic E-state index is 13.2. The zero-order chi connectivity index (χ0) is 22.6. The van der Waals surface area contributed by atoms with Crippen LogP contribution in [0.4, 0.5) is 0 Å². The van der Waals surface area contributed by atoms with Crippen LogP contribution in [0.2, 0.25) is 5.02 Å². The molecule has 0 saturated heterocycles. The Morgan fingerprint density at radius 3 is 2.71 bits per heavy atom. The van der Waals surface area contributed by atoms with Gasteiger partial charge < -0.3 is 10.2 Å². The lowest BCUT2D eigenvalue weighted by molar-refractivity contribution is 0.0795. The molecular formula is C20H29ClN4O4S2. The lowest BCUT2D eigenvalue weighted by atomic mass is 9.96. The van der Waals surface area contributed by atoms with Crippen molar-refractivity contribution in [1.82, 2.24) is 14.1 Å². The van der Waals surface area contributed by atoms with Crippen LogP contribution in [-0.4, -0.2) is 64.6 Å². The Kier molecular flexibility index (Phi) is 8.28. The van der Waals surface area contributed by atoms with Crippen molar-refractivity contribution in [2.24, 2.45) is 12.0 Å². The fourth-order valence-corrected chi connectivity index (χ4v) is 6.55. The minimum Gasteiger partial charge on any atom is -0.394 e. The van der Waals surface area contributed by atoms with Gasteiger partial charge in [0.2, 0.25) is 14.8 Å². The molecule has 0 bridgehead atoms. The molecule has 0 spiro atoms. The number of sulfonamides is 1. The molecule has 31 heavy (non-hydrogen) atoms. The van der Waals surface area contributed by atoms with E-state index in [2.05, 4.69) is 5.10 Å². The van der Waals surface area contributed by atoms with E-state index in [9.17, 15) is 13.5 Å². The summed E-state index contributed by atoms with van der Waals surface area (Å²) in [5.41, 5.74) is 0.632. The maximum absolute atomic E-state index is 13.2. The molecule has 1 atom stereocenters. The number of benzene rings is 1. The fourth-order valence-electron chi connectivity index (χ4n) is 3.61. The molecule has 8 nitrogen and oxygen atoms in total. The van der Waals surface area contributed by atoms with Gasteiger partial charge in [0.15, 0.2) is 0 Å². The molecule has 1 aliphatic rings. The monoisotopic (exact) mass is 488 g/mol. The van der Waals surface area contributed by atoms with Crippen LogP contribution in [0.3, 0.4) is 0 Å². The molecule has 0 amide bonds. The van der Waals surface area contributed by atoms with E-state index in [1.165, 1.54) is 36.7 Å². The van der Waals surface area contributed by atoms with Gasteiger partial charge in [-0.1, -0.05) is 55.2 Å². The molecule has 2 N–H and O–H groups in total. The predicted octanol–water partition coefficient (Wildman–Crippen LogP) is 2.40. The number of rotatable bonds is 8. The van der Waals surface area contributed by atoms with Crippen LogP contribution in [0.25, 0.3) is 10.6 Å². The largest absolute Gasteiger partial charge is 0.394 e. The Labute approximate surface area is 191 Å². The summed E-state index contributed by atoms with van der Waals surface area (Å²) in [5, 5.41) is 24.1. The average molecular weight is 489 g/mol. The summed E-state index contributed by atoms with van der Waals surface area (Å²) >= 11 is 7.67. The van der Waals surface area contributed by atoms with E-state index in [1.807, 2.05) is 7.05 Å². The molecule has 1 heterocycles. The SMILES string of the molecule is CCN(CC(O)CO)S(=O)(=O)c1cc(-c2nn(C)c(=NC3CCCCC3)s2)ccc1Cl. The first-order valence-electron chi connectivity index (χ1n) is 10.4. The van der Waals surface area contributed by atoms with Gasteiger partial charge in [-0.05, 0) is 25.0 Å². The standard InChI is InChI=1S/C20H29ClN4O4S2/c1-3-25(12-16(27)13-26)31(28,29)18-11-14(9-10-17(18)21)19-23-24(2)20(30-19)22-15-7-5-4-6-8-15/h9-11,15-16,26-27H,3-8,12-13H2,1-2H3. The van der Waals surface area contributed by atoms with Crippen LogP contribution in [0, 0.1) is 0 Å². The van der Waals surface area contributed by atoms with Crippen molar-refractivity contribution < 1.29 is 18.6 Å². The Hall–Kier alpha value is -1.30. The third kappa shape index (κ3) is 5.74.